The highest BCUT2D eigenvalue weighted by molar-refractivity contribution is 6.30. The molecule has 1 atom stereocenters. The maximum absolute atomic E-state index is 12.6. The molecule has 0 saturated carbocycles. The molecule has 10 heteroatoms. The topological polar surface area (TPSA) is 75.2 Å². The number of halogens is 3. The number of aliphatic imine (C=N–C) groups is 1. The molecule has 1 amide bonds. The Labute approximate surface area is 174 Å². The van der Waals surface area contributed by atoms with Gasteiger partial charge in [0.1, 0.15) is 5.75 Å². The molecule has 1 aliphatic rings. The van der Waals surface area contributed by atoms with Gasteiger partial charge in [0.25, 0.3) is 0 Å². The van der Waals surface area contributed by atoms with Gasteiger partial charge >= 0.3 is 6.61 Å². The van der Waals surface area contributed by atoms with E-state index in [0.29, 0.717) is 23.1 Å². The fourth-order valence-corrected chi connectivity index (χ4v) is 2.91. The minimum atomic E-state index is -2.95. The fourth-order valence-electron chi connectivity index (χ4n) is 2.72. The van der Waals surface area contributed by atoms with E-state index in [1.165, 1.54) is 23.1 Å². The van der Waals surface area contributed by atoms with Crippen LogP contribution in [0.5, 0.6) is 5.75 Å². The van der Waals surface area contributed by atoms with Gasteiger partial charge in [0.2, 0.25) is 5.91 Å². The van der Waals surface area contributed by atoms with Crippen molar-refractivity contribution in [2.75, 3.05) is 33.8 Å². The van der Waals surface area contributed by atoms with Crippen LogP contribution in [0.3, 0.4) is 0 Å². The maximum atomic E-state index is 12.6. The average Bonchev–Trinajstić information content (AvgIpc) is 2.69. The van der Waals surface area contributed by atoms with Crippen molar-refractivity contribution in [1.82, 2.24) is 15.5 Å². The van der Waals surface area contributed by atoms with Crippen molar-refractivity contribution in [2.45, 2.75) is 38.5 Å². The van der Waals surface area contributed by atoms with E-state index in [1.54, 1.807) is 14.1 Å². The number of carbonyl (C=O) groups excluding carboxylic acids is 1. The van der Waals surface area contributed by atoms with Crippen LogP contribution in [0, 0.1) is 0 Å². The predicted octanol–water partition coefficient (Wildman–Crippen LogP) is 2.63. The summed E-state index contributed by atoms with van der Waals surface area (Å²) in [6.45, 7) is -1.61. The molecular weight excluding hydrogens is 406 g/mol. The molecule has 0 bridgehead atoms. The lowest BCUT2D eigenvalue weighted by Gasteiger charge is -2.24. The van der Waals surface area contributed by atoms with Crippen LogP contribution in [-0.4, -0.2) is 63.3 Å². The Morgan fingerprint density at radius 1 is 1.38 bits per heavy atom. The van der Waals surface area contributed by atoms with Crippen molar-refractivity contribution in [2.24, 2.45) is 4.99 Å². The van der Waals surface area contributed by atoms with E-state index in [0.717, 1.165) is 25.9 Å². The number of amides is 1. The number of nitrogens with one attached hydrogen (secondary N) is 2. The summed E-state index contributed by atoms with van der Waals surface area (Å²) in [7, 11) is 3.31. The Morgan fingerprint density at radius 2 is 2.17 bits per heavy atom. The van der Waals surface area contributed by atoms with Crippen molar-refractivity contribution in [3.63, 3.8) is 0 Å². The first kappa shape index (κ1) is 23.2. The lowest BCUT2D eigenvalue weighted by molar-refractivity contribution is -0.127. The summed E-state index contributed by atoms with van der Waals surface area (Å²) in [6.07, 6.45) is 3.15. The van der Waals surface area contributed by atoms with Crippen molar-refractivity contribution in [3.05, 3.63) is 28.8 Å². The third-order valence-corrected chi connectivity index (χ3v) is 4.56. The lowest BCUT2D eigenvalue weighted by Crippen LogP contribution is -2.45. The van der Waals surface area contributed by atoms with Crippen molar-refractivity contribution in [3.8, 4) is 5.75 Å². The highest BCUT2D eigenvalue weighted by Gasteiger charge is 2.15. The monoisotopic (exact) mass is 432 g/mol. The molecule has 0 aromatic heterocycles. The molecule has 2 rings (SSSR count). The quantitative estimate of drug-likeness (QED) is 0.488. The first-order chi connectivity index (χ1) is 13.8. The second-order valence-electron chi connectivity index (χ2n) is 6.81. The summed E-state index contributed by atoms with van der Waals surface area (Å²) in [6, 6.07) is 4.38. The summed E-state index contributed by atoms with van der Waals surface area (Å²) < 4.78 is 35.5. The van der Waals surface area contributed by atoms with Crippen LogP contribution in [0.15, 0.2) is 23.2 Å². The number of carbonyl (C=O) groups is 1. The van der Waals surface area contributed by atoms with Crippen molar-refractivity contribution < 1.29 is 23.0 Å². The standard InChI is InChI=1S/C19H27ClF2N4O3/c1-26(2)17(27)12-25-19(24-11-15-5-3-4-8-28-15)23-10-13-9-14(20)6-7-16(13)29-18(21)22/h6-7,9,15,18H,3-5,8,10-12H2,1-2H3,(H2,23,24,25). The molecule has 162 valence electrons. The van der Waals surface area contributed by atoms with E-state index in [4.69, 9.17) is 16.3 Å². The van der Waals surface area contributed by atoms with E-state index >= 15 is 0 Å². The third-order valence-electron chi connectivity index (χ3n) is 4.32. The molecular formula is C19H27ClF2N4O3. The number of hydrogen-bond acceptors (Lipinski definition) is 4. The summed E-state index contributed by atoms with van der Waals surface area (Å²) >= 11 is 5.98. The normalized spacial score (nSPS) is 17.2. The Kier molecular flexibility index (Phi) is 9.40. The third kappa shape index (κ3) is 8.41. The molecule has 29 heavy (non-hydrogen) atoms. The van der Waals surface area contributed by atoms with Gasteiger partial charge < -0.3 is 25.0 Å². The molecule has 0 aliphatic carbocycles. The first-order valence-corrected chi connectivity index (χ1v) is 9.80. The van der Waals surface area contributed by atoms with E-state index in [2.05, 4.69) is 20.4 Å². The SMILES string of the molecule is CN(C)C(=O)CNC(=NCc1cc(Cl)ccc1OC(F)F)NCC1CCCCO1. The molecule has 1 heterocycles. The molecule has 0 spiro atoms. The molecule has 1 fully saturated rings. The van der Waals surface area contributed by atoms with Gasteiger partial charge in [-0.05, 0) is 37.5 Å². The zero-order valence-corrected chi connectivity index (χ0v) is 17.3. The molecule has 0 radical (unpaired) electrons. The summed E-state index contributed by atoms with van der Waals surface area (Å²) in [5, 5.41) is 6.49. The maximum Gasteiger partial charge on any atom is 0.387 e. The zero-order chi connectivity index (χ0) is 21.2. The Bertz CT molecular complexity index is 698. The second-order valence-corrected chi connectivity index (χ2v) is 7.24. The number of benzene rings is 1. The predicted molar refractivity (Wildman–Crippen MR) is 108 cm³/mol. The van der Waals surface area contributed by atoms with Gasteiger partial charge in [-0.25, -0.2) is 4.99 Å². The Morgan fingerprint density at radius 3 is 2.83 bits per heavy atom. The number of hydrogen-bond donors (Lipinski definition) is 2. The van der Waals surface area contributed by atoms with E-state index < -0.39 is 6.61 Å². The van der Waals surface area contributed by atoms with Gasteiger partial charge in [-0.2, -0.15) is 8.78 Å². The van der Waals surface area contributed by atoms with E-state index in [-0.39, 0.29) is 30.9 Å². The highest BCUT2D eigenvalue weighted by Crippen LogP contribution is 2.25. The van der Waals surface area contributed by atoms with Crippen LogP contribution in [0.1, 0.15) is 24.8 Å². The van der Waals surface area contributed by atoms with E-state index in [9.17, 15) is 13.6 Å². The summed E-state index contributed by atoms with van der Waals surface area (Å²) in [4.78, 5) is 17.7. The Hall–Kier alpha value is -2.13. The van der Waals surface area contributed by atoms with Gasteiger partial charge in [-0.15, -0.1) is 0 Å². The number of guanidine groups is 1. The molecule has 2 N–H and O–H groups in total. The number of alkyl halides is 2. The van der Waals surface area contributed by atoms with Crippen LogP contribution < -0.4 is 15.4 Å². The minimum absolute atomic E-state index is 0.00693. The number of ether oxygens (including phenoxy) is 2. The fraction of sp³-hybridized carbons (Fsp3) is 0.579. The molecule has 1 aromatic carbocycles. The molecule has 1 aromatic rings. The number of likely N-dealkylation sites (N-methyl/N-ethyl adjacent to an activating group) is 1. The summed E-state index contributed by atoms with van der Waals surface area (Å²) in [5.41, 5.74) is 0.409. The molecule has 1 unspecified atom stereocenters. The van der Waals surface area contributed by atoms with E-state index in [1.807, 2.05) is 0 Å². The smallest absolute Gasteiger partial charge is 0.387 e. The van der Waals surface area contributed by atoms with Gasteiger partial charge in [0, 0.05) is 37.8 Å². The highest BCUT2D eigenvalue weighted by atomic mass is 35.5. The van der Waals surface area contributed by atoms with Gasteiger partial charge in [-0.1, -0.05) is 11.6 Å². The summed E-state index contributed by atoms with van der Waals surface area (Å²) in [5.74, 6) is 0.253. The van der Waals surface area contributed by atoms with Crippen LogP contribution >= 0.6 is 11.6 Å². The van der Waals surface area contributed by atoms with Crippen molar-refractivity contribution >= 4 is 23.5 Å². The molecule has 1 aliphatic heterocycles. The van der Waals surface area contributed by atoms with Gasteiger partial charge in [0.15, 0.2) is 5.96 Å². The van der Waals surface area contributed by atoms with Crippen LogP contribution in [0.4, 0.5) is 8.78 Å². The lowest BCUT2D eigenvalue weighted by atomic mass is 10.1. The number of rotatable bonds is 8. The van der Waals surface area contributed by atoms with Crippen LogP contribution in [0.25, 0.3) is 0 Å². The van der Waals surface area contributed by atoms with Gasteiger partial charge in [0.05, 0.1) is 19.2 Å². The van der Waals surface area contributed by atoms with Crippen LogP contribution in [-0.2, 0) is 16.1 Å². The minimum Gasteiger partial charge on any atom is -0.434 e. The second kappa shape index (κ2) is 11.8. The Balaban J connectivity index is 2.08. The number of nitrogens with zero attached hydrogens (tertiary/aromatic N) is 2. The van der Waals surface area contributed by atoms with Crippen molar-refractivity contribution in [1.29, 1.82) is 0 Å². The molecule has 7 nitrogen and oxygen atoms in total. The van der Waals surface area contributed by atoms with Gasteiger partial charge in [-0.3, -0.25) is 4.79 Å². The largest absolute Gasteiger partial charge is 0.434 e. The first-order valence-electron chi connectivity index (χ1n) is 9.42. The average molecular weight is 433 g/mol. The molecule has 1 saturated heterocycles. The zero-order valence-electron chi connectivity index (χ0n) is 16.6. The van der Waals surface area contributed by atoms with Crippen LogP contribution in [0.2, 0.25) is 5.02 Å².